The number of benzene rings is 2. The molecule has 1 aliphatic rings. The van der Waals surface area contributed by atoms with Crippen LogP contribution < -0.4 is 13.8 Å². The van der Waals surface area contributed by atoms with Crippen LogP contribution in [0.1, 0.15) is 5.56 Å². The van der Waals surface area contributed by atoms with Gasteiger partial charge in [-0.05, 0) is 23.8 Å². The van der Waals surface area contributed by atoms with E-state index >= 15 is 0 Å². The van der Waals surface area contributed by atoms with Gasteiger partial charge in [-0.15, -0.1) is 0 Å². The summed E-state index contributed by atoms with van der Waals surface area (Å²) in [6.07, 6.45) is 0. The molecule has 0 saturated heterocycles. The summed E-state index contributed by atoms with van der Waals surface area (Å²) >= 11 is 1.61. The molecule has 0 fully saturated rings. The number of fused-ring (bicyclic) bond motifs is 1. The molecule has 4 heteroatoms. The zero-order chi connectivity index (χ0) is 12.4. The maximum absolute atomic E-state index is 5.28. The van der Waals surface area contributed by atoms with Crippen molar-refractivity contribution in [2.75, 3.05) is 11.4 Å². The van der Waals surface area contributed by atoms with Gasteiger partial charge in [-0.2, -0.15) is 0 Å². The molecule has 2 aromatic carbocycles. The van der Waals surface area contributed by atoms with E-state index in [-0.39, 0.29) is 0 Å². The lowest BCUT2D eigenvalue weighted by Crippen LogP contribution is -2.22. The lowest BCUT2D eigenvalue weighted by atomic mass is 10.1. The third kappa shape index (κ3) is 2.05. The SMILES string of the molecule is COc1cccc(N2SNCc3ccccc32)c1. The summed E-state index contributed by atoms with van der Waals surface area (Å²) in [7, 11) is 1.69. The number of hydrogen-bond acceptors (Lipinski definition) is 4. The van der Waals surface area contributed by atoms with Gasteiger partial charge in [0.1, 0.15) is 5.75 Å². The molecule has 0 saturated carbocycles. The Labute approximate surface area is 111 Å². The van der Waals surface area contributed by atoms with E-state index in [4.69, 9.17) is 4.74 Å². The molecule has 18 heavy (non-hydrogen) atoms. The molecule has 0 amide bonds. The Balaban J connectivity index is 2.02. The Morgan fingerprint density at radius 2 is 2.06 bits per heavy atom. The fourth-order valence-corrected chi connectivity index (χ4v) is 2.86. The summed E-state index contributed by atoms with van der Waals surface area (Å²) in [5, 5.41) is 0. The molecular weight excluding hydrogens is 244 g/mol. The molecule has 92 valence electrons. The first kappa shape index (κ1) is 11.4. The number of anilines is 2. The van der Waals surface area contributed by atoms with Crippen LogP contribution in [-0.2, 0) is 6.54 Å². The van der Waals surface area contributed by atoms with Crippen molar-refractivity contribution in [2.24, 2.45) is 0 Å². The zero-order valence-corrected chi connectivity index (χ0v) is 10.9. The van der Waals surface area contributed by atoms with E-state index in [1.54, 1.807) is 19.2 Å². The van der Waals surface area contributed by atoms with Crippen molar-refractivity contribution in [3.63, 3.8) is 0 Å². The largest absolute Gasteiger partial charge is 0.497 e. The van der Waals surface area contributed by atoms with Gasteiger partial charge in [-0.1, -0.05) is 24.3 Å². The predicted octanol–water partition coefficient (Wildman–Crippen LogP) is 3.50. The lowest BCUT2D eigenvalue weighted by molar-refractivity contribution is 0.415. The molecule has 0 atom stereocenters. The van der Waals surface area contributed by atoms with Gasteiger partial charge >= 0.3 is 0 Å². The van der Waals surface area contributed by atoms with Crippen molar-refractivity contribution >= 4 is 23.5 Å². The van der Waals surface area contributed by atoms with Gasteiger partial charge in [0, 0.05) is 24.7 Å². The number of hydrogen-bond donors (Lipinski definition) is 1. The van der Waals surface area contributed by atoms with E-state index < -0.39 is 0 Å². The maximum atomic E-state index is 5.28. The Morgan fingerprint density at radius 3 is 2.94 bits per heavy atom. The average Bonchev–Trinajstić information content (AvgIpc) is 2.47. The van der Waals surface area contributed by atoms with Crippen LogP contribution in [0.4, 0.5) is 11.4 Å². The molecule has 3 nitrogen and oxygen atoms in total. The van der Waals surface area contributed by atoms with E-state index in [0.717, 1.165) is 18.0 Å². The lowest BCUT2D eigenvalue weighted by Gasteiger charge is -2.30. The summed E-state index contributed by atoms with van der Waals surface area (Å²) < 4.78 is 10.8. The van der Waals surface area contributed by atoms with E-state index in [9.17, 15) is 0 Å². The highest BCUT2D eigenvalue weighted by atomic mass is 32.2. The quantitative estimate of drug-likeness (QED) is 0.833. The monoisotopic (exact) mass is 258 g/mol. The molecule has 2 aromatic rings. The molecule has 0 aliphatic carbocycles. The number of nitrogens with zero attached hydrogens (tertiary/aromatic N) is 1. The van der Waals surface area contributed by atoms with Crippen LogP contribution in [0, 0.1) is 0 Å². The van der Waals surface area contributed by atoms with Crippen molar-refractivity contribution in [2.45, 2.75) is 6.54 Å². The third-order valence-electron chi connectivity index (χ3n) is 2.92. The molecule has 0 aromatic heterocycles. The zero-order valence-electron chi connectivity index (χ0n) is 10.1. The van der Waals surface area contributed by atoms with Crippen LogP contribution in [0.15, 0.2) is 48.5 Å². The number of para-hydroxylation sites is 1. The summed E-state index contributed by atoms with van der Waals surface area (Å²) in [6.45, 7) is 0.890. The van der Waals surface area contributed by atoms with Crippen molar-refractivity contribution < 1.29 is 4.74 Å². The van der Waals surface area contributed by atoms with Crippen LogP contribution >= 0.6 is 12.1 Å². The van der Waals surface area contributed by atoms with Crippen molar-refractivity contribution in [3.8, 4) is 5.75 Å². The summed E-state index contributed by atoms with van der Waals surface area (Å²) in [4.78, 5) is 0. The first-order chi connectivity index (χ1) is 8.88. The molecule has 0 radical (unpaired) electrons. The molecule has 0 spiro atoms. The standard InChI is InChI=1S/C14H14N2OS/c1-17-13-7-4-6-12(9-13)16-14-8-3-2-5-11(14)10-15-18-16/h2-9,15H,10H2,1H3. The van der Waals surface area contributed by atoms with Crippen molar-refractivity contribution in [1.82, 2.24) is 4.72 Å². The Morgan fingerprint density at radius 1 is 1.17 bits per heavy atom. The van der Waals surface area contributed by atoms with Gasteiger partial charge < -0.3 is 4.74 Å². The smallest absolute Gasteiger partial charge is 0.120 e. The van der Waals surface area contributed by atoms with Crippen molar-refractivity contribution in [3.05, 3.63) is 54.1 Å². The van der Waals surface area contributed by atoms with Crippen LogP contribution in [-0.4, -0.2) is 7.11 Å². The Kier molecular flexibility index (Phi) is 3.13. The van der Waals surface area contributed by atoms with Gasteiger partial charge in [0.2, 0.25) is 0 Å². The first-order valence-electron chi connectivity index (χ1n) is 5.80. The highest BCUT2D eigenvalue weighted by Gasteiger charge is 2.18. The third-order valence-corrected chi connectivity index (χ3v) is 3.78. The van der Waals surface area contributed by atoms with Gasteiger partial charge in [0.15, 0.2) is 0 Å². The second-order valence-corrected chi connectivity index (χ2v) is 4.87. The van der Waals surface area contributed by atoms with Gasteiger partial charge in [-0.3, -0.25) is 4.31 Å². The van der Waals surface area contributed by atoms with E-state index in [1.165, 1.54) is 11.3 Å². The highest BCUT2D eigenvalue weighted by molar-refractivity contribution is 7.99. The molecule has 1 heterocycles. The van der Waals surface area contributed by atoms with Gasteiger partial charge in [0.25, 0.3) is 0 Å². The molecular formula is C14H14N2OS. The fourth-order valence-electron chi connectivity index (χ4n) is 2.01. The molecule has 0 unspecified atom stereocenters. The summed E-state index contributed by atoms with van der Waals surface area (Å²) in [5.41, 5.74) is 3.65. The van der Waals surface area contributed by atoms with E-state index in [0.29, 0.717) is 0 Å². The highest BCUT2D eigenvalue weighted by Crippen LogP contribution is 2.38. The second-order valence-electron chi connectivity index (χ2n) is 4.04. The minimum absolute atomic E-state index is 0.871. The molecule has 3 rings (SSSR count). The Bertz CT molecular complexity index is 559. The maximum Gasteiger partial charge on any atom is 0.120 e. The topological polar surface area (TPSA) is 24.5 Å². The number of nitrogens with one attached hydrogen (secondary N) is 1. The van der Waals surface area contributed by atoms with Gasteiger partial charge in [0.05, 0.1) is 18.5 Å². The van der Waals surface area contributed by atoms with Crippen molar-refractivity contribution in [1.29, 1.82) is 0 Å². The van der Waals surface area contributed by atoms with Crippen LogP contribution in [0.3, 0.4) is 0 Å². The van der Waals surface area contributed by atoms with E-state index in [2.05, 4.69) is 39.4 Å². The van der Waals surface area contributed by atoms with Crippen LogP contribution in [0.25, 0.3) is 0 Å². The Hall–Kier alpha value is -1.65. The number of methoxy groups -OCH3 is 1. The summed E-state index contributed by atoms with van der Waals surface area (Å²) in [6, 6.07) is 16.5. The fraction of sp³-hybridized carbons (Fsp3) is 0.143. The minimum atomic E-state index is 0.871. The second kappa shape index (κ2) is 4.92. The summed E-state index contributed by atoms with van der Waals surface area (Å²) in [5.74, 6) is 0.871. The minimum Gasteiger partial charge on any atom is -0.497 e. The number of ether oxygens (including phenoxy) is 1. The predicted molar refractivity (Wildman–Crippen MR) is 76.0 cm³/mol. The molecule has 1 aliphatic heterocycles. The van der Waals surface area contributed by atoms with Gasteiger partial charge in [-0.25, -0.2) is 4.72 Å². The van der Waals surface area contributed by atoms with Crippen LogP contribution in [0.5, 0.6) is 5.75 Å². The first-order valence-corrected chi connectivity index (χ1v) is 6.58. The normalized spacial score (nSPS) is 14.2. The molecule has 1 N–H and O–H groups in total. The van der Waals surface area contributed by atoms with Crippen LogP contribution in [0.2, 0.25) is 0 Å². The molecule has 0 bridgehead atoms. The van der Waals surface area contributed by atoms with E-state index in [1.807, 2.05) is 18.2 Å². The average molecular weight is 258 g/mol. The number of rotatable bonds is 2.